The molecule has 0 amide bonds. The van der Waals surface area contributed by atoms with E-state index in [9.17, 15) is 9.90 Å². The second kappa shape index (κ2) is 6.85. The number of aryl methyl sites for hydroxylation is 1. The summed E-state index contributed by atoms with van der Waals surface area (Å²) in [7, 11) is 1.81. The van der Waals surface area contributed by atoms with Gasteiger partial charge in [0.15, 0.2) is 0 Å². The molecule has 2 N–H and O–H groups in total. The first-order valence-corrected chi connectivity index (χ1v) is 7.32. The molecule has 1 aliphatic heterocycles. The third-order valence-corrected chi connectivity index (χ3v) is 3.98. The van der Waals surface area contributed by atoms with Gasteiger partial charge < -0.3 is 10.4 Å². The molecule has 1 aliphatic rings. The third-order valence-electron chi connectivity index (χ3n) is 3.98. The van der Waals surface area contributed by atoms with Crippen LogP contribution < -0.4 is 5.32 Å². The van der Waals surface area contributed by atoms with Gasteiger partial charge in [-0.2, -0.15) is 5.10 Å². The van der Waals surface area contributed by atoms with Gasteiger partial charge >= 0.3 is 5.97 Å². The highest BCUT2D eigenvalue weighted by atomic mass is 16.4. The molecule has 112 valence electrons. The summed E-state index contributed by atoms with van der Waals surface area (Å²) in [5.74, 6) is -0.894. The smallest absolute Gasteiger partial charge is 0.339 e. The highest BCUT2D eigenvalue weighted by molar-refractivity contribution is 5.88. The molecule has 0 aliphatic carbocycles. The number of hydrogen-bond acceptors (Lipinski definition) is 4. The fourth-order valence-corrected chi connectivity index (χ4v) is 2.87. The lowest BCUT2D eigenvalue weighted by Crippen LogP contribution is -2.43. The van der Waals surface area contributed by atoms with Crippen LogP contribution in [0.25, 0.3) is 0 Å². The molecule has 6 heteroatoms. The summed E-state index contributed by atoms with van der Waals surface area (Å²) >= 11 is 0. The second-order valence-corrected chi connectivity index (χ2v) is 5.39. The standard InChI is InChI=1S/C14H24N4O2/c1-3-8-18(11-4-6-15-7-5-11)10-13-12(14(19)20)9-16-17(13)2/h9,11,15H,3-8,10H2,1-2H3,(H,19,20). The number of hydrogen-bond donors (Lipinski definition) is 2. The molecule has 1 fully saturated rings. The Morgan fingerprint density at radius 3 is 2.85 bits per heavy atom. The van der Waals surface area contributed by atoms with E-state index < -0.39 is 5.97 Å². The van der Waals surface area contributed by atoms with Gasteiger partial charge in [0.05, 0.1) is 11.9 Å². The topological polar surface area (TPSA) is 70.4 Å². The number of carboxylic acid groups (broad SMARTS) is 1. The van der Waals surface area contributed by atoms with Crippen LogP contribution in [0, 0.1) is 0 Å². The quantitative estimate of drug-likeness (QED) is 0.816. The van der Waals surface area contributed by atoms with Crippen molar-refractivity contribution in [2.24, 2.45) is 7.05 Å². The maximum atomic E-state index is 11.3. The van der Waals surface area contributed by atoms with Gasteiger partial charge in [0.1, 0.15) is 5.56 Å². The highest BCUT2D eigenvalue weighted by Gasteiger charge is 2.24. The first kappa shape index (κ1) is 15.0. The van der Waals surface area contributed by atoms with Gasteiger partial charge in [-0.1, -0.05) is 6.92 Å². The molecule has 0 unspecified atom stereocenters. The van der Waals surface area contributed by atoms with E-state index in [1.165, 1.54) is 6.20 Å². The number of piperidine rings is 1. The molecule has 6 nitrogen and oxygen atoms in total. The van der Waals surface area contributed by atoms with Gasteiger partial charge in [-0.05, 0) is 38.9 Å². The number of aromatic carboxylic acids is 1. The van der Waals surface area contributed by atoms with Crippen LogP contribution in [0.5, 0.6) is 0 Å². The maximum absolute atomic E-state index is 11.3. The third kappa shape index (κ3) is 3.37. The van der Waals surface area contributed by atoms with Crippen LogP contribution in [-0.4, -0.2) is 51.4 Å². The van der Waals surface area contributed by atoms with Crippen molar-refractivity contribution >= 4 is 5.97 Å². The summed E-state index contributed by atoms with van der Waals surface area (Å²) in [4.78, 5) is 13.7. The Hall–Kier alpha value is -1.40. The largest absolute Gasteiger partial charge is 0.478 e. The fraction of sp³-hybridized carbons (Fsp3) is 0.714. The number of nitrogens with one attached hydrogen (secondary N) is 1. The maximum Gasteiger partial charge on any atom is 0.339 e. The molecule has 1 aromatic heterocycles. The summed E-state index contributed by atoms with van der Waals surface area (Å²) < 4.78 is 1.69. The van der Waals surface area contributed by atoms with E-state index in [4.69, 9.17) is 0 Å². The van der Waals surface area contributed by atoms with Crippen molar-refractivity contribution in [2.75, 3.05) is 19.6 Å². The molecule has 20 heavy (non-hydrogen) atoms. The predicted molar refractivity (Wildman–Crippen MR) is 76.8 cm³/mol. The molecule has 1 aromatic rings. The molecule has 0 spiro atoms. The molecular weight excluding hydrogens is 256 g/mol. The summed E-state index contributed by atoms with van der Waals surface area (Å²) in [6.07, 6.45) is 4.77. The lowest BCUT2D eigenvalue weighted by atomic mass is 10.0. The zero-order chi connectivity index (χ0) is 14.5. The number of carbonyl (C=O) groups is 1. The summed E-state index contributed by atoms with van der Waals surface area (Å²) in [5, 5.41) is 16.7. The molecule has 2 rings (SSSR count). The summed E-state index contributed by atoms with van der Waals surface area (Å²) in [6, 6.07) is 0.535. The monoisotopic (exact) mass is 280 g/mol. The average molecular weight is 280 g/mol. The minimum atomic E-state index is -0.894. The normalized spacial score (nSPS) is 16.8. The van der Waals surface area contributed by atoms with E-state index >= 15 is 0 Å². The van der Waals surface area contributed by atoms with Gasteiger partial charge in [0, 0.05) is 19.6 Å². The van der Waals surface area contributed by atoms with Gasteiger partial charge in [-0.15, -0.1) is 0 Å². The van der Waals surface area contributed by atoms with Crippen LogP contribution in [0.3, 0.4) is 0 Å². The molecule has 0 atom stereocenters. The van der Waals surface area contributed by atoms with Crippen molar-refractivity contribution in [1.29, 1.82) is 0 Å². The molecule has 2 heterocycles. The van der Waals surface area contributed by atoms with Crippen LogP contribution in [-0.2, 0) is 13.6 Å². The lowest BCUT2D eigenvalue weighted by Gasteiger charge is -2.34. The number of rotatable bonds is 6. The Balaban J connectivity index is 2.14. The molecule has 0 saturated carbocycles. The van der Waals surface area contributed by atoms with E-state index in [0.29, 0.717) is 18.2 Å². The van der Waals surface area contributed by atoms with Crippen molar-refractivity contribution in [3.63, 3.8) is 0 Å². The molecule has 0 aromatic carbocycles. The van der Waals surface area contributed by atoms with Crippen LogP contribution in [0.2, 0.25) is 0 Å². The van der Waals surface area contributed by atoms with Crippen molar-refractivity contribution in [1.82, 2.24) is 20.0 Å². The first-order valence-electron chi connectivity index (χ1n) is 7.32. The van der Waals surface area contributed by atoms with Crippen molar-refractivity contribution in [3.8, 4) is 0 Å². The van der Waals surface area contributed by atoms with Gasteiger partial charge in [0.2, 0.25) is 0 Å². The highest BCUT2D eigenvalue weighted by Crippen LogP contribution is 2.18. The Morgan fingerprint density at radius 2 is 2.25 bits per heavy atom. The fourth-order valence-electron chi connectivity index (χ4n) is 2.87. The van der Waals surface area contributed by atoms with Crippen LogP contribution in [0.4, 0.5) is 0 Å². The Morgan fingerprint density at radius 1 is 1.55 bits per heavy atom. The lowest BCUT2D eigenvalue weighted by molar-refractivity contribution is 0.0692. The minimum Gasteiger partial charge on any atom is -0.478 e. The van der Waals surface area contributed by atoms with Crippen LogP contribution in [0.15, 0.2) is 6.20 Å². The Labute approximate surface area is 119 Å². The van der Waals surface area contributed by atoms with E-state index in [2.05, 4.69) is 22.2 Å². The SMILES string of the molecule is CCCN(Cc1c(C(=O)O)cnn1C)C1CCNCC1. The Kier molecular flexibility index (Phi) is 5.14. The van der Waals surface area contributed by atoms with Crippen LogP contribution in [0.1, 0.15) is 42.2 Å². The van der Waals surface area contributed by atoms with E-state index in [1.807, 2.05) is 7.05 Å². The van der Waals surface area contributed by atoms with Crippen molar-refractivity contribution in [2.45, 2.75) is 38.8 Å². The average Bonchev–Trinajstić information content (AvgIpc) is 2.81. The zero-order valence-corrected chi connectivity index (χ0v) is 12.3. The van der Waals surface area contributed by atoms with E-state index in [-0.39, 0.29) is 0 Å². The van der Waals surface area contributed by atoms with Gasteiger partial charge in [-0.3, -0.25) is 9.58 Å². The first-order chi connectivity index (χ1) is 9.63. The molecule has 0 radical (unpaired) electrons. The van der Waals surface area contributed by atoms with Crippen molar-refractivity contribution in [3.05, 3.63) is 17.5 Å². The molecular formula is C14H24N4O2. The van der Waals surface area contributed by atoms with E-state index in [0.717, 1.165) is 44.6 Å². The second-order valence-electron chi connectivity index (χ2n) is 5.39. The van der Waals surface area contributed by atoms with Gasteiger partial charge in [0.25, 0.3) is 0 Å². The summed E-state index contributed by atoms with van der Waals surface area (Å²) in [6.45, 7) is 5.91. The number of aromatic nitrogens is 2. The predicted octanol–water partition coefficient (Wildman–Crippen LogP) is 1.08. The van der Waals surface area contributed by atoms with Crippen molar-refractivity contribution < 1.29 is 9.90 Å². The van der Waals surface area contributed by atoms with E-state index in [1.54, 1.807) is 4.68 Å². The zero-order valence-electron chi connectivity index (χ0n) is 12.3. The van der Waals surface area contributed by atoms with Crippen LogP contribution >= 0.6 is 0 Å². The summed E-state index contributed by atoms with van der Waals surface area (Å²) in [5.41, 5.74) is 1.12. The van der Waals surface area contributed by atoms with Gasteiger partial charge in [-0.25, -0.2) is 4.79 Å². The number of carboxylic acids is 1. The minimum absolute atomic E-state index is 0.322. The molecule has 1 saturated heterocycles. The molecule has 0 bridgehead atoms. The Bertz CT molecular complexity index is 452. The number of nitrogens with zero attached hydrogens (tertiary/aromatic N) is 3.